The first kappa shape index (κ1) is 17.9. The molecule has 0 aromatic heterocycles. The van der Waals surface area contributed by atoms with Crippen LogP contribution in [0.5, 0.6) is 0 Å². The molecular weight excluding hydrogens is 318 g/mol. The number of likely N-dealkylation sites (tertiary alicyclic amines) is 1. The van der Waals surface area contributed by atoms with Crippen LogP contribution in [0.1, 0.15) is 42.6 Å². The summed E-state index contributed by atoms with van der Waals surface area (Å²) >= 11 is 0. The number of aliphatic hydroxyl groups is 1. The van der Waals surface area contributed by atoms with E-state index < -0.39 is 17.7 Å². The SMILES string of the molecule is Cc1cc(C)cc([C@H](O)CN2CCC[C@H]([C@]3(C)NC(=O)NC3=O)C2)c1. The van der Waals surface area contributed by atoms with Gasteiger partial charge in [-0.3, -0.25) is 10.1 Å². The monoisotopic (exact) mass is 345 g/mol. The molecule has 0 saturated carbocycles. The van der Waals surface area contributed by atoms with Crippen LogP contribution in [0.3, 0.4) is 0 Å². The number of benzene rings is 1. The lowest BCUT2D eigenvalue weighted by atomic mass is 9.80. The van der Waals surface area contributed by atoms with Crippen LogP contribution < -0.4 is 10.6 Å². The molecule has 2 saturated heterocycles. The minimum absolute atomic E-state index is 0.0409. The number of rotatable bonds is 4. The molecule has 2 heterocycles. The first-order valence-corrected chi connectivity index (χ1v) is 8.90. The molecule has 2 aliphatic rings. The summed E-state index contributed by atoms with van der Waals surface area (Å²) in [4.78, 5) is 25.9. The van der Waals surface area contributed by atoms with Gasteiger partial charge >= 0.3 is 6.03 Å². The Hall–Kier alpha value is -1.92. The second kappa shape index (κ2) is 6.77. The van der Waals surface area contributed by atoms with Gasteiger partial charge in [-0.05, 0) is 45.7 Å². The van der Waals surface area contributed by atoms with E-state index in [9.17, 15) is 14.7 Å². The van der Waals surface area contributed by atoms with Crippen molar-refractivity contribution in [2.45, 2.75) is 45.3 Å². The van der Waals surface area contributed by atoms with Gasteiger partial charge in [-0.1, -0.05) is 29.3 Å². The zero-order valence-corrected chi connectivity index (χ0v) is 15.1. The number of hydrogen-bond donors (Lipinski definition) is 3. The highest BCUT2D eigenvalue weighted by molar-refractivity contribution is 6.06. The van der Waals surface area contributed by atoms with E-state index in [1.807, 2.05) is 26.0 Å². The van der Waals surface area contributed by atoms with Crippen LogP contribution in [-0.2, 0) is 4.79 Å². The van der Waals surface area contributed by atoms with Crippen molar-refractivity contribution < 1.29 is 14.7 Å². The summed E-state index contributed by atoms with van der Waals surface area (Å²) in [5.41, 5.74) is 2.35. The van der Waals surface area contributed by atoms with E-state index in [4.69, 9.17) is 0 Å². The van der Waals surface area contributed by atoms with Crippen LogP contribution in [0.4, 0.5) is 4.79 Å². The third kappa shape index (κ3) is 3.70. The fourth-order valence-electron chi connectivity index (χ4n) is 4.09. The second-order valence-electron chi connectivity index (χ2n) is 7.65. The van der Waals surface area contributed by atoms with Crippen molar-refractivity contribution in [3.8, 4) is 0 Å². The lowest BCUT2D eigenvalue weighted by Crippen LogP contribution is -2.56. The van der Waals surface area contributed by atoms with Gasteiger partial charge in [-0.2, -0.15) is 0 Å². The fourth-order valence-corrected chi connectivity index (χ4v) is 4.09. The summed E-state index contributed by atoms with van der Waals surface area (Å²) in [6.45, 7) is 7.97. The first-order chi connectivity index (χ1) is 11.8. The summed E-state index contributed by atoms with van der Waals surface area (Å²) in [5, 5.41) is 15.8. The number of urea groups is 1. The molecule has 3 rings (SSSR count). The van der Waals surface area contributed by atoms with E-state index in [-0.39, 0.29) is 11.8 Å². The molecule has 0 bridgehead atoms. The Morgan fingerprint density at radius 2 is 1.96 bits per heavy atom. The number of carbonyl (C=O) groups is 2. The zero-order valence-electron chi connectivity index (χ0n) is 15.1. The van der Waals surface area contributed by atoms with Crippen molar-refractivity contribution in [1.29, 1.82) is 0 Å². The Kier molecular flexibility index (Phi) is 4.84. The maximum absolute atomic E-state index is 12.2. The average Bonchev–Trinajstić information content (AvgIpc) is 2.80. The Bertz CT molecular complexity index is 670. The molecule has 0 unspecified atom stereocenters. The van der Waals surface area contributed by atoms with Gasteiger partial charge in [0.05, 0.1) is 6.10 Å². The first-order valence-electron chi connectivity index (χ1n) is 8.90. The lowest BCUT2D eigenvalue weighted by molar-refractivity contribution is -0.126. The van der Waals surface area contributed by atoms with Gasteiger partial charge in [-0.15, -0.1) is 0 Å². The number of nitrogens with one attached hydrogen (secondary N) is 2. The van der Waals surface area contributed by atoms with E-state index in [1.54, 1.807) is 6.92 Å². The van der Waals surface area contributed by atoms with Gasteiger partial charge in [0.15, 0.2) is 0 Å². The highest BCUT2D eigenvalue weighted by Gasteiger charge is 2.48. The van der Waals surface area contributed by atoms with E-state index in [2.05, 4.69) is 21.6 Å². The third-order valence-corrected chi connectivity index (χ3v) is 5.45. The average molecular weight is 345 g/mol. The Labute approximate surface area is 148 Å². The number of β-amino-alcohol motifs (C(OH)–C–C–N with tert-alkyl or cyclic N) is 1. The molecule has 3 amide bonds. The van der Waals surface area contributed by atoms with Crippen LogP contribution in [-0.4, -0.2) is 47.1 Å². The summed E-state index contributed by atoms with van der Waals surface area (Å²) in [6.07, 6.45) is 1.28. The Balaban J connectivity index is 1.67. The predicted molar refractivity (Wildman–Crippen MR) is 95.1 cm³/mol. The topological polar surface area (TPSA) is 81.7 Å². The molecule has 3 N–H and O–H groups in total. The molecule has 6 nitrogen and oxygen atoms in total. The van der Waals surface area contributed by atoms with Crippen molar-refractivity contribution in [3.63, 3.8) is 0 Å². The molecule has 25 heavy (non-hydrogen) atoms. The van der Waals surface area contributed by atoms with Gasteiger partial charge in [0.1, 0.15) is 5.54 Å². The number of nitrogens with zero attached hydrogens (tertiary/aromatic N) is 1. The van der Waals surface area contributed by atoms with Crippen molar-refractivity contribution in [2.24, 2.45) is 5.92 Å². The van der Waals surface area contributed by atoms with E-state index in [0.717, 1.165) is 36.1 Å². The molecule has 2 fully saturated rings. The number of amides is 3. The van der Waals surface area contributed by atoms with Gasteiger partial charge in [0.25, 0.3) is 5.91 Å². The fraction of sp³-hybridized carbons (Fsp3) is 0.579. The van der Waals surface area contributed by atoms with Gasteiger partial charge in [0, 0.05) is 19.0 Å². The molecule has 3 atom stereocenters. The second-order valence-corrected chi connectivity index (χ2v) is 7.65. The number of piperidine rings is 1. The molecule has 2 aliphatic heterocycles. The molecule has 0 radical (unpaired) electrons. The van der Waals surface area contributed by atoms with Crippen LogP contribution in [0.15, 0.2) is 18.2 Å². The van der Waals surface area contributed by atoms with E-state index in [1.165, 1.54) is 0 Å². The van der Waals surface area contributed by atoms with Gasteiger partial charge in [-0.25, -0.2) is 4.79 Å². The van der Waals surface area contributed by atoms with Crippen LogP contribution >= 0.6 is 0 Å². The number of hydrogen-bond acceptors (Lipinski definition) is 4. The predicted octanol–water partition coefficient (Wildman–Crippen LogP) is 1.65. The molecule has 1 aromatic rings. The maximum Gasteiger partial charge on any atom is 0.322 e. The molecule has 0 spiro atoms. The zero-order chi connectivity index (χ0) is 18.2. The van der Waals surface area contributed by atoms with Crippen molar-refractivity contribution in [2.75, 3.05) is 19.6 Å². The third-order valence-electron chi connectivity index (χ3n) is 5.45. The summed E-state index contributed by atoms with van der Waals surface area (Å²) in [6, 6.07) is 5.71. The van der Waals surface area contributed by atoms with Crippen LogP contribution in [0.25, 0.3) is 0 Å². The largest absolute Gasteiger partial charge is 0.387 e. The number of aliphatic hydroxyl groups excluding tert-OH is 1. The van der Waals surface area contributed by atoms with Crippen molar-refractivity contribution >= 4 is 11.9 Å². The summed E-state index contributed by atoms with van der Waals surface area (Å²) < 4.78 is 0. The number of carbonyl (C=O) groups excluding carboxylic acids is 2. The smallest absolute Gasteiger partial charge is 0.322 e. The van der Waals surface area contributed by atoms with Crippen LogP contribution in [0, 0.1) is 19.8 Å². The number of imide groups is 1. The Morgan fingerprint density at radius 1 is 1.28 bits per heavy atom. The van der Waals surface area contributed by atoms with Gasteiger partial charge < -0.3 is 15.3 Å². The minimum Gasteiger partial charge on any atom is -0.387 e. The molecule has 1 aromatic carbocycles. The quantitative estimate of drug-likeness (QED) is 0.725. The van der Waals surface area contributed by atoms with E-state index in [0.29, 0.717) is 13.1 Å². The lowest BCUT2D eigenvalue weighted by Gasteiger charge is -2.40. The molecular formula is C19H27N3O3. The Morgan fingerprint density at radius 3 is 2.56 bits per heavy atom. The molecule has 136 valence electrons. The normalized spacial score (nSPS) is 28.6. The number of aryl methyl sites for hydroxylation is 2. The highest BCUT2D eigenvalue weighted by Crippen LogP contribution is 2.30. The molecule has 0 aliphatic carbocycles. The van der Waals surface area contributed by atoms with E-state index >= 15 is 0 Å². The summed E-state index contributed by atoms with van der Waals surface area (Å²) in [5.74, 6) is -0.210. The van der Waals surface area contributed by atoms with Gasteiger partial charge in [0.2, 0.25) is 0 Å². The minimum atomic E-state index is -0.860. The highest BCUT2D eigenvalue weighted by atomic mass is 16.3. The maximum atomic E-state index is 12.2. The standard InChI is InChI=1S/C19H27N3O3/c1-12-7-13(2)9-14(8-12)16(23)11-22-6-4-5-15(10-22)19(3)17(24)20-18(25)21-19/h7-9,15-16,23H,4-6,10-11H2,1-3H3,(H2,20,21,24,25)/t15-,16+,19-/m0/s1. The molecule has 6 heteroatoms. The van der Waals surface area contributed by atoms with Crippen molar-refractivity contribution in [3.05, 3.63) is 34.9 Å². The van der Waals surface area contributed by atoms with Crippen LogP contribution in [0.2, 0.25) is 0 Å². The van der Waals surface area contributed by atoms with Crippen molar-refractivity contribution in [1.82, 2.24) is 15.5 Å². The summed E-state index contributed by atoms with van der Waals surface area (Å²) in [7, 11) is 0.